The predicted octanol–water partition coefficient (Wildman–Crippen LogP) is 2.49. The van der Waals surface area contributed by atoms with Gasteiger partial charge in [-0.1, -0.05) is 20.8 Å². The van der Waals surface area contributed by atoms with Crippen LogP contribution in [0.5, 0.6) is 0 Å². The second-order valence-electron chi connectivity index (χ2n) is 9.03. The fraction of sp³-hybridized carbons (Fsp3) is 0.636. The molecule has 1 fully saturated rings. The summed E-state index contributed by atoms with van der Waals surface area (Å²) in [7, 11) is -4.50. The molecule has 1 aliphatic heterocycles. The molecule has 1 saturated heterocycles. The van der Waals surface area contributed by atoms with E-state index in [0.717, 1.165) is 6.20 Å². The summed E-state index contributed by atoms with van der Waals surface area (Å²) in [6.07, 6.45) is -4.12. The quantitative estimate of drug-likeness (QED) is 0.324. The van der Waals surface area contributed by atoms with Crippen molar-refractivity contribution in [1.82, 2.24) is 9.97 Å². The maximum atomic E-state index is 13.6. The van der Waals surface area contributed by atoms with Crippen LogP contribution < -0.4 is 5.56 Å². The van der Waals surface area contributed by atoms with Crippen LogP contribution >= 0.6 is 7.60 Å². The second-order valence-corrected chi connectivity index (χ2v) is 11.1. The molecule has 2 aromatic heterocycles. The number of rotatable bonds is 9. The maximum Gasteiger partial charge on any atom is 0.359 e. The number of nitrogens with zero attached hydrogens (tertiary/aromatic N) is 1. The molecular formula is C22H32FN2O8P. The Kier molecular flexibility index (Phi) is 7.69. The van der Waals surface area contributed by atoms with Gasteiger partial charge in [0.15, 0.2) is 5.34 Å². The molecule has 190 valence electrons. The minimum absolute atomic E-state index is 0.000601. The monoisotopic (exact) mass is 502 g/mol. The third-order valence-corrected chi connectivity index (χ3v) is 9.11. The van der Waals surface area contributed by atoms with Crippen molar-refractivity contribution >= 4 is 18.6 Å². The lowest BCUT2D eigenvalue weighted by atomic mass is 9.92. The Morgan fingerprint density at radius 1 is 1.21 bits per heavy atom. The Morgan fingerprint density at radius 3 is 2.44 bits per heavy atom. The smallest absolute Gasteiger partial charge is 0.359 e. The Bertz CT molecular complexity index is 1140. The van der Waals surface area contributed by atoms with Crippen LogP contribution in [0.2, 0.25) is 0 Å². The van der Waals surface area contributed by atoms with Crippen LogP contribution in [0.25, 0.3) is 11.0 Å². The zero-order chi connectivity index (χ0) is 25.5. The van der Waals surface area contributed by atoms with Gasteiger partial charge in [0.05, 0.1) is 17.9 Å². The Morgan fingerprint density at radius 2 is 1.85 bits per heavy atom. The normalized spacial score (nSPS) is 27.0. The van der Waals surface area contributed by atoms with Gasteiger partial charge in [0.1, 0.15) is 29.8 Å². The first kappa shape index (κ1) is 26.9. The number of hydrogen-bond donors (Lipinski definition) is 5. The highest BCUT2D eigenvalue weighted by molar-refractivity contribution is 7.54. The molecule has 12 heteroatoms. The fourth-order valence-electron chi connectivity index (χ4n) is 4.17. The van der Waals surface area contributed by atoms with Crippen molar-refractivity contribution in [2.24, 2.45) is 0 Å². The molecule has 5 N–H and O–H groups in total. The average Bonchev–Trinajstić information content (AvgIpc) is 3.05. The molecule has 3 rings (SSSR count). The summed E-state index contributed by atoms with van der Waals surface area (Å²) in [6.45, 7) is 6.41. The molecule has 0 saturated carbocycles. The molecule has 0 radical (unpaired) electrons. The molecule has 6 atom stereocenters. The van der Waals surface area contributed by atoms with E-state index in [1.807, 2.05) is 0 Å². The van der Waals surface area contributed by atoms with E-state index in [1.54, 1.807) is 27.7 Å². The lowest BCUT2D eigenvalue weighted by Gasteiger charge is -2.38. The summed E-state index contributed by atoms with van der Waals surface area (Å²) in [6, 6.07) is 2.51. The first-order valence-corrected chi connectivity index (χ1v) is 12.8. The highest BCUT2D eigenvalue weighted by atomic mass is 31.2. The van der Waals surface area contributed by atoms with E-state index in [9.17, 15) is 34.0 Å². The molecule has 34 heavy (non-hydrogen) atoms. The van der Waals surface area contributed by atoms with Crippen molar-refractivity contribution in [2.45, 2.75) is 88.7 Å². The molecule has 3 heterocycles. The van der Waals surface area contributed by atoms with Crippen LogP contribution in [0.15, 0.2) is 23.1 Å². The van der Waals surface area contributed by atoms with Gasteiger partial charge < -0.3 is 34.5 Å². The number of halogens is 1. The third-order valence-electron chi connectivity index (χ3n) is 6.74. The molecule has 1 aliphatic rings. The minimum atomic E-state index is -4.50. The number of nitrogens with one attached hydrogen (secondary N) is 1. The number of pyridine rings is 2. The summed E-state index contributed by atoms with van der Waals surface area (Å²) in [5.74, 6) is -0.611. The van der Waals surface area contributed by atoms with Crippen LogP contribution in [0.3, 0.4) is 0 Å². The number of aliphatic hydroxyl groups excluding tert-OH is 2. The average molecular weight is 502 g/mol. The van der Waals surface area contributed by atoms with Crippen molar-refractivity contribution in [3.63, 3.8) is 0 Å². The summed E-state index contributed by atoms with van der Waals surface area (Å²) in [5.41, 5.74) is -1.78. The predicted molar refractivity (Wildman–Crippen MR) is 122 cm³/mol. The van der Waals surface area contributed by atoms with Gasteiger partial charge in [-0.15, -0.1) is 0 Å². The van der Waals surface area contributed by atoms with Gasteiger partial charge in [0.25, 0.3) is 5.56 Å². The van der Waals surface area contributed by atoms with E-state index in [2.05, 4.69) is 9.97 Å². The van der Waals surface area contributed by atoms with Crippen molar-refractivity contribution in [1.29, 1.82) is 0 Å². The Hall–Kier alpha value is -1.72. The van der Waals surface area contributed by atoms with E-state index in [1.165, 1.54) is 12.1 Å². The van der Waals surface area contributed by atoms with E-state index >= 15 is 0 Å². The number of aromatic amines is 1. The topological polar surface area (TPSA) is 162 Å². The van der Waals surface area contributed by atoms with E-state index in [-0.39, 0.29) is 42.3 Å². The number of aliphatic hydroxyl groups is 3. The third kappa shape index (κ3) is 4.97. The largest absolute Gasteiger partial charge is 0.388 e. The fourth-order valence-corrected chi connectivity index (χ4v) is 5.94. The maximum absolute atomic E-state index is 13.6. The zero-order valence-corrected chi connectivity index (χ0v) is 20.5. The van der Waals surface area contributed by atoms with Gasteiger partial charge in [-0.25, -0.2) is 9.37 Å². The van der Waals surface area contributed by atoms with Crippen molar-refractivity contribution in [2.75, 3.05) is 0 Å². The van der Waals surface area contributed by atoms with Crippen LogP contribution in [0, 0.1) is 5.82 Å². The van der Waals surface area contributed by atoms with Gasteiger partial charge in [0.2, 0.25) is 0 Å². The van der Waals surface area contributed by atoms with Gasteiger partial charge in [-0.05, 0) is 38.3 Å². The number of fused-ring (bicyclic) bond motifs is 1. The van der Waals surface area contributed by atoms with E-state index < -0.39 is 54.3 Å². The molecule has 2 aromatic rings. The van der Waals surface area contributed by atoms with Gasteiger partial charge in [-0.2, -0.15) is 0 Å². The van der Waals surface area contributed by atoms with Crippen LogP contribution in [0.4, 0.5) is 4.39 Å². The minimum Gasteiger partial charge on any atom is -0.388 e. The summed E-state index contributed by atoms with van der Waals surface area (Å²) >= 11 is 0. The molecule has 0 aliphatic carbocycles. The number of ether oxygens (including phenoxy) is 1. The lowest BCUT2D eigenvalue weighted by molar-refractivity contribution is -0.0544. The Balaban J connectivity index is 1.87. The van der Waals surface area contributed by atoms with Crippen molar-refractivity contribution in [3.05, 3.63) is 40.1 Å². The molecule has 0 bridgehead atoms. The molecule has 0 amide bonds. The standard InChI is InChI=1S/C22H32FN2O8P/c1-5-21(4,33-34(30,31)22(29,6-2)7-3)10-15-16(26)17(27)18(32-15)14-9-12-8-13(23)11-24-19(12)25-20(14)28/h8-9,11,15-18,26-27,29H,5-7,10H2,1-4H3,(H,30,31)(H,24,25,28)/t15-,16?,17+,18+,21?/m1/s1. The van der Waals surface area contributed by atoms with Crippen LogP contribution in [-0.2, 0) is 13.8 Å². The number of aromatic nitrogens is 2. The number of hydrogen-bond acceptors (Lipinski definition) is 8. The Labute approximate surface area is 196 Å². The highest BCUT2D eigenvalue weighted by Crippen LogP contribution is 2.60. The highest BCUT2D eigenvalue weighted by Gasteiger charge is 2.51. The first-order valence-electron chi connectivity index (χ1n) is 11.3. The van der Waals surface area contributed by atoms with E-state index in [0.29, 0.717) is 0 Å². The van der Waals surface area contributed by atoms with Gasteiger partial charge >= 0.3 is 7.60 Å². The zero-order valence-electron chi connectivity index (χ0n) is 19.6. The van der Waals surface area contributed by atoms with Crippen LogP contribution in [0.1, 0.15) is 65.0 Å². The summed E-state index contributed by atoms with van der Waals surface area (Å²) in [4.78, 5) is 29.4. The molecule has 3 unspecified atom stereocenters. The molecule has 10 nitrogen and oxygen atoms in total. The van der Waals surface area contributed by atoms with Crippen LogP contribution in [-0.4, -0.2) is 59.4 Å². The van der Waals surface area contributed by atoms with E-state index in [4.69, 9.17) is 9.26 Å². The van der Waals surface area contributed by atoms with Gasteiger partial charge in [-0.3, -0.25) is 9.36 Å². The van der Waals surface area contributed by atoms with Crippen molar-refractivity contribution in [3.8, 4) is 0 Å². The SMILES string of the molecule is CCC(C)(C[C@H]1O[C@@H](c2cc3cc(F)cnc3[nH]c2=O)[C@@H](O)C1O)OP(=O)(O)C(O)(CC)CC. The molecular weight excluding hydrogens is 470 g/mol. The number of H-pyrrole nitrogens is 1. The van der Waals surface area contributed by atoms with Gasteiger partial charge in [0, 0.05) is 17.4 Å². The van der Waals surface area contributed by atoms with Crippen molar-refractivity contribution < 1.29 is 38.4 Å². The lowest BCUT2D eigenvalue weighted by Crippen LogP contribution is -2.40. The first-order chi connectivity index (χ1) is 15.8. The summed E-state index contributed by atoms with van der Waals surface area (Å²) < 4.78 is 37.9. The second kappa shape index (κ2) is 9.73. The molecule has 0 aromatic carbocycles. The molecule has 0 spiro atoms. The summed E-state index contributed by atoms with van der Waals surface area (Å²) in [5, 5.41) is 30.2.